The van der Waals surface area contributed by atoms with Gasteiger partial charge in [0.25, 0.3) is 0 Å². The summed E-state index contributed by atoms with van der Waals surface area (Å²) >= 11 is 0. The van der Waals surface area contributed by atoms with Gasteiger partial charge in [0.05, 0.1) is 12.8 Å². The van der Waals surface area contributed by atoms with E-state index in [1.807, 2.05) is 19.9 Å². The van der Waals surface area contributed by atoms with Crippen LogP contribution in [0.15, 0.2) is 12.2 Å². The molecule has 0 aliphatic rings. The van der Waals surface area contributed by atoms with Crippen LogP contribution in [0, 0.1) is 0 Å². The number of rotatable bonds is 7. The van der Waals surface area contributed by atoms with Gasteiger partial charge in [-0.1, -0.05) is 38.8 Å². The number of carbonyl (C=O) groups excluding carboxylic acids is 2. The van der Waals surface area contributed by atoms with E-state index in [2.05, 4.69) is 9.78 Å². The van der Waals surface area contributed by atoms with Gasteiger partial charge in [0, 0.05) is 0 Å². The molecule has 0 atom stereocenters. The molecule has 92 valence electrons. The van der Waals surface area contributed by atoms with E-state index in [0.29, 0.717) is 6.42 Å². The summed E-state index contributed by atoms with van der Waals surface area (Å²) in [6, 6.07) is 0. The predicted molar refractivity (Wildman–Crippen MR) is 60.4 cm³/mol. The van der Waals surface area contributed by atoms with Crippen molar-refractivity contribution in [1.82, 2.24) is 0 Å². The van der Waals surface area contributed by atoms with E-state index in [0.717, 1.165) is 25.7 Å². The summed E-state index contributed by atoms with van der Waals surface area (Å²) in [6.45, 7) is 4.01. The molecule has 0 aliphatic heterocycles. The van der Waals surface area contributed by atoms with Crippen LogP contribution < -0.4 is 0 Å². The van der Waals surface area contributed by atoms with E-state index in [4.69, 9.17) is 0 Å². The van der Waals surface area contributed by atoms with Gasteiger partial charge in [0.1, 0.15) is 0 Å². The fourth-order valence-electron chi connectivity index (χ4n) is 1.03. The van der Waals surface area contributed by atoms with Gasteiger partial charge in [-0.05, 0) is 12.8 Å². The molecule has 0 radical (unpaired) electrons. The molecule has 0 aromatic carbocycles. The molecule has 0 amide bonds. The number of allylic oxidation sites excluding steroid dienone is 1. The Balaban J connectivity index is 3.51. The lowest BCUT2D eigenvalue weighted by molar-refractivity contribution is -0.258. The highest BCUT2D eigenvalue weighted by atomic mass is 17.2. The summed E-state index contributed by atoms with van der Waals surface area (Å²) < 4.78 is 0. The zero-order chi connectivity index (χ0) is 12.2. The molecule has 0 saturated heterocycles. The zero-order valence-corrected chi connectivity index (χ0v) is 10.0. The van der Waals surface area contributed by atoms with Crippen LogP contribution in [0.1, 0.15) is 52.4 Å². The minimum atomic E-state index is -0.548. The predicted octanol–water partition coefficient (Wildman–Crippen LogP) is 2.92. The van der Waals surface area contributed by atoms with Crippen molar-refractivity contribution in [2.24, 2.45) is 0 Å². The van der Waals surface area contributed by atoms with Gasteiger partial charge in [-0.25, -0.2) is 19.4 Å². The van der Waals surface area contributed by atoms with Gasteiger partial charge in [-0.3, -0.25) is 0 Å². The zero-order valence-electron chi connectivity index (χ0n) is 10.0. The normalized spacial score (nSPS) is 10.4. The fourth-order valence-corrected chi connectivity index (χ4v) is 1.03. The molecule has 0 N–H and O–H groups in total. The molecule has 0 saturated carbocycles. The van der Waals surface area contributed by atoms with Gasteiger partial charge >= 0.3 is 11.9 Å². The lowest BCUT2D eigenvalue weighted by atomic mass is 10.2. The second-order valence-corrected chi connectivity index (χ2v) is 3.45. The molecule has 4 heteroatoms. The second kappa shape index (κ2) is 10.2. The molecule has 0 heterocycles. The number of hydrogen-bond acceptors (Lipinski definition) is 4. The molecule has 0 bridgehead atoms. The SMILES string of the molecule is CC/C=C\CC(=O)OOC(=O)CCCCC. The first-order chi connectivity index (χ1) is 7.70. The maximum Gasteiger partial charge on any atom is 0.359 e. The first-order valence-corrected chi connectivity index (χ1v) is 5.75. The average Bonchev–Trinajstić information content (AvgIpc) is 2.27. The van der Waals surface area contributed by atoms with Crippen molar-refractivity contribution in [3.05, 3.63) is 12.2 Å². The third-order valence-electron chi connectivity index (χ3n) is 1.90. The molecule has 0 aromatic rings. The Morgan fingerprint density at radius 3 is 2.31 bits per heavy atom. The van der Waals surface area contributed by atoms with Crippen molar-refractivity contribution in [2.45, 2.75) is 52.4 Å². The summed E-state index contributed by atoms with van der Waals surface area (Å²) in [5.41, 5.74) is 0. The summed E-state index contributed by atoms with van der Waals surface area (Å²) in [5.74, 6) is -1.03. The van der Waals surface area contributed by atoms with Crippen molar-refractivity contribution >= 4 is 11.9 Å². The molecule has 0 rings (SSSR count). The molecule has 0 spiro atoms. The molecule has 0 fully saturated rings. The Kier molecular flexibility index (Phi) is 9.36. The molecule has 0 aromatic heterocycles. The Bertz CT molecular complexity index is 233. The van der Waals surface area contributed by atoms with Crippen LogP contribution in [-0.4, -0.2) is 11.9 Å². The van der Waals surface area contributed by atoms with Gasteiger partial charge in [-0.2, -0.15) is 0 Å². The van der Waals surface area contributed by atoms with Crippen LogP contribution >= 0.6 is 0 Å². The van der Waals surface area contributed by atoms with E-state index >= 15 is 0 Å². The minimum absolute atomic E-state index is 0.135. The largest absolute Gasteiger partial charge is 0.359 e. The Labute approximate surface area is 96.5 Å². The summed E-state index contributed by atoms with van der Waals surface area (Å²) in [7, 11) is 0. The number of carbonyl (C=O) groups is 2. The lowest BCUT2D eigenvalue weighted by Crippen LogP contribution is -2.10. The van der Waals surface area contributed by atoms with E-state index in [1.165, 1.54) is 0 Å². The van der Waals surface area contributed by atoms with E-state index in [-0.39, 0.29) is 6.42 Å². The topological polar surface area (TPSA) is 52.6 Å². The first-order valence-electron chi connectivity index (χ1n) is 5.75. The van der Waals surface area contributed by atoms with Crippen molar-refractivity contribution < 1.29 is 19.4 Å². The van der Waals surface area contributed by atoms with Crippen LogP contribution in [0.25, 0.3) is 0 Å². The van der Waals surface area contributed by atoms with E-state index < -0.39 is 11.9 Å². The minimum Gasteiger partial charge on any atom is -0.247 e. The standard InChI is InChI=1S/C12H20O4/c1-3-5-7-9-11(13)15-16-12(14)10-8-6-4-2/h5,7H,3-4,6,8-10H2,1-2H3/b7-5-. The lowest BCUT2D eigenvalue weighted by Gasteiger charge is -2.01. The average molecular weight is 228 g/mol. The van der Waals surface area contributed by atoms with Gasteiger partial charge in [-0.15, -0.1) is 0 Å². The van der Waals surface area contributed by atoms with Crippen LogP contribution in [0.5, 0.6) is 0 Å². The Hall–Kier alpha value is -1.32. The second-order valence-electron chi connectivity index (χ2n) is 3.45. The van der Waals surface area contributed by atoms with Crippen molar-refractivity contribution in [1.29, 1.82) is 0 Å². The maximum absolute atomic E-state index is 11.0. The van der Waals surface area contributed by atoms with Gasteiger partial charge < -0.3 is 0 Å². The number of hydrogen-bond donors (Lipinski definition) is 0. The smallest absolute Gasteiger partial charge is 0.247 e. The van der Waals surface area contributed by atoms with Gasteiger partial charge in [0.2, 0.25) is 0 Å². The van der Waals surface area contributed by atoms with Crippen LogP contribution in [0.2, 0.25) is 0 Å². The quantitative estimate of drug-likeness (QED) is 0.291. The highest BCUT2D eigenvalue weighted by Gasteiger charge is 2.07. The van der Waals surface area contributed by atoms with Crippen LogP contribution in [0.3, 0.4) is 0 Å². The first kappa shape index (κ1) is 14.7. The molecule has 4 nitrogen and oxygen atoms in total. The highest BCUT2D eigenvalue weighted by molar-refractivity contribution is 5.73. The molecular formula is C12H20O4. The van der Waals surface area contributed by atoms with Crippen LogP contribution in [0.4, 0.5) is 0 Å². The van der Waals surface area contributed by atoms with Gasteiger partial charge in [0.15, 0.2) is 0 Å². The highest BCUT2D eigenvalue weighted by Crippen LogP contribution is 2.01. The molecule has 0 aliphatic carbocycles. The number of unbranched alkanes of at least 4 members (excludes halogenated alkanes) is 2. The van der Waals surface area contributed by atoms with Crippen molar-refractivity contribution in [2.75, 3.05) is 0 Å². The van der Waals surface area contributed by atoms with E-state index in [1.54, 1.807) is 6.08 Å². The fraction of sp³-hybridized carbons (Fsp3) is 0.667. The van der Waals surface area contributed by atoms with Crippen molar-refractivity contribution in [3.63, 3.8) is 0 Å². The summed E-state index contributed by atoms with van der Waals surface area (Å²) in [5, 5.41) is 0. The molecular weight excluding hydrogens is 208 g/mol. The van der Waals surface area contributed by atoms with Crippen LogP contribution in [-0.2, 0) is 19.4 Å². The third kappa shape index (κ3) is 9.24. The Morgan fingerprint density at radius 2 is 1.69 bits per heavy atom. The monoisotopic (exact) mass is 228 g/mol. The molecule has 0 unspecified atom stereocenters. The van der Waals surface area contributed by atoms with E-state index in [9.17, 15) is 9.59 Å². The molecule has 16 heavy (non-hydrogen) atoms. The Morgan fingerprint density at radius 1 is 1.00 bits per heavy atom. The summed E-state index contributed by atoms with van der Waals surface area (Å²) in [6.07, 6.45) is 7.61. The third-order valence-corrected chi connectivity index (χ3v) is 1.90. The summed E-state index contributed by atoms with van der Waals surface area (Å²) in [4.78, 5) is 30.7. The maximum atomic E-state index is 11.0. The van der Waals surface area contributed by atoms with Crippen molar-refractivity contribution in [3.8, 4) is 0 Å².